The van der Waals surface area contributed by atoms with E-state index in [4.69, 9.17) is 14.5 Å². The van der Waals surface area contributed by atoms with E-state index in [2.05, 4.69) is 41.1 Å². The van der Waals surface area contributed by atoms with Crippen molar-refractivity contribution in [2.45, 2.75) is 39.2 Å². The molecule has 2 heterocycles. The van der Waals surface area contributed by atoms with Gasteiger partial charge in [0.05, 0.1) is 26.4 Å². The average Bonchev–Trinajstić information content (AvgIpc) is 3.30. The average molecular weight is 353 g/mol. The lowest BCUT2D eigenvalue weighted by atomic mass is 10.2. The van der Waals surface area contributed by atoms with Gasteiger partial charge in [-0.2, -0.15) is 0 Å². The van der Waals surface area contributed by atoms with Gasteiger partial charge < -0.3 is 19.7 Å². The molecule has 0 aromatic heterocycles. The van der Waals surface area contributed by atoms with Crippen molar-refractivity contribution in [3.05, 3.63) is 12.2 Å². The van der Waals surface area contributed by atoms with Crippen LogP contribution < -0.4 is 5.32 Å². The van der Waals surface area contributed by atoms with Gasteiger partial charge in [0.15, 0.2) is 5.96 Å². The molecule has 2 aliphatic rings. The number of unbranched alkanes of at least 4 members (excludes halogenated alkanes) is 1. The molecule has 0 spiro atoms. The van der Waals surface area contributed by atoms with Crippen LogP contribution in [0.25, 0.3) is 0 Å². The van der Waals surface area contributed by atoms with Crippen LogP contribution in [0.5, 0.6) is 0 Å². The molecular formula is C19H36N4O2. The van der Waals surface area contributed by atoms with E-state index in [0.717, 1.165) is 51.7 Å². The Kier molecular flexibility index (Phi) is 9.92. The van der Waals surface area contributed by atoms with Gasteiger partial charge in [-0.25, -0.2) is 0 Å². The predicted octanol–water partition coefficient (Wildman–Crippen LogP) is 1.73. The Morgan fingerprint density at radius 2 is 1.88 bits per heavy atom. The first kappa shape index (κ1) is 20.2. The Bertz CT molecular complexity index is 406. The lowest BCUT2D eigenvalue weighted by molar-refractivity contribution is 0.0497. The molecule has 6 heteroatoms. The molecule has 2 rings (SSSR count). The Labute approximate surface area is 153 Å². The first-order chi connectivity index (χ1) is 12.3. The van der Waals surface area contributed by atoms with Gasteiger partial charge >= 0.3 is 0 Å². The predicted molar refractivity (Wildman–Crippen MR) is 103 cm³/mol. The lowest BCUT2D eigenvalue weighted by Crippen LogP contribution is -2.43. The molecule has 0 saturated carbocycles. The van der Waals surface area contributed by atoms with Crippen LogP contribution in [-0.2, 0) is 9.47 Å². The molecule has 0 bridgehead atoms. The van der Waals surface area contributed by atoms with Crippen molar-refractivity contribution in [3.63, 3.8) is 0 Å². The van der Waals surface area contributed by atoms with Crippen molar-refractivity contribution in [2.24, 2.45) is 4.99 Å². The monoisotopic (exact) mass is 352 g/mol. The zero-order valence-electron chi connectivity index (χ0n) is 16.1. The van der Waals surface area contributed by atoms with E-state index in [1.54, 1.807) is 0 Å². The zero-order valence-corrected chi connectivity index (χ0v) is 16.1. The summed E-state index contributed by atoms with van der Waals surface area (Å²) in [5.41, 5.74) is 0. The van der Waals surface area contributed by atoms with Gasteiger partial charge in [-0.1, -0.05) is 25.5 Å². The minimum absolute atomic E-state index is 0.648. The van der Waals surface area contributed by atoms with E-state index in [-0.39, 0.29) is 0 Å². The summed E-state index contributed by atoms with van der Waals surface area (Å²) in [4.78, 5) is 9.67. The Morgan fingerprint density at radius 1 is 1.12 bits per heavy atom. The highest BCUT2D eigenvalue weighted by atomic mass is 16.5. The molecule has 2 aliphatic heterocycles. The fourth-order valence-electron chi connectivity index (χ4n) is 3.24. The Hall–Kier alpha value is -1.11. The number of nitrogens with one attached hydrogen (secondary N) is 1. The van der Waals surface area contributed by atoms with Gasteiger partial charge in [0.2, 0.25) is 0 Å². The zero-order chi connectivity index (χ0) is 17.7. The van der Waals surface area contributed by atoms with Crippen molar-refractivity contribution in [1.82, 2.24) is 15.1 Å². The maximum Gasteiger partial charge on any atom is 0.194 e. The quantitative estimate of drug-likeness (QED) is 0.266. The molecule has 144 valence electrons. The van der Waals surface area contributed by atoms with Gasteiger partial charge in [-0.15, -0.1) is 0 Å². The summed E-state index contributed by atoms with van der Waals surface area (Å²) in [5.74, 6) is 1.03. The summed E-state index contributed by atoms with van der Waals surface area (Å²) in [6.07, 6.45) is 8.06. The molecule has 6 nitrogen and oxygen atoms in total. The van der Waals surface area contributed by atoms with Gasteiger partial charge in [0.25, 0.3) is 0 Å². The summed E-state index contributed by atoms with van der Waals surface area (Å²) >= 11 is 0. The highest BCUT2D eigenvalue weighted by Gasteiger charge is 2.29. The lowest BCUT2D eigenvalue weighted by Gasteiger charge is -2.25. The van der Waals surface area contributed by atoms with E-state index < -0.39 is 0 Å². The van der Waals surface area contributed by atoms with Gasteiger partial charge in [-0.3, -0.25) is 9.89 Å². The highest BCUT2D eigenvalue weighted by Crippen LogP contribution is 2.17. The molecule has 1 saturated heterocycles. The van der Waals surface area contributed by atoms with E-state index in [0.29, 0.717) is 32.4 Å². The number of likely N-dealkylation sites (tertiary alicyclic amines) is 1. The fourth-order valence-corrected chi connectivity index (χ4v) is 3.24. The minimum Gasteiger partial charge on any atom is -0.379 e. The van der Waals surface area contributed by atoms with Crippen molar-refractivity contribution in [1.29, 1.82) is 0 Å². The molecule has 1 unspecified atom stereocenters. The van der Waals surface area contributed by atoms with Crippen molar-refractivity contribution in [2.75, 3.05) is 65.7 Å². The maximum atomic E-state index is 5.61. The molecular weight excluding hydrogens is 316 g/mol. The smallest absolute Gasteiger partial charge is 0.194 e. The topological polar surface area (TPSA) is 49.3 Å². The molecule has 1 fully saturated rings. The van der Waals surface area contributed by atoms with E-state index in [9.17, 15) is 0 Å². The summed E-state index contributed by atoms with van der Waals surface area (Å²) in [7, 11) is 0. The summed E-state index contributed by atoms with van der Waals surface area (Å²) in [6, 6.07) is 0.648. The van der Waals surface area contributed by atoms with Crippen LogP contribution in [0.1, 0.15) is 33.1 Å². The SMILES string of the molecule is CCCCOCCOCCN=C(NCC)N1CCC(N2CC=CC2)C1. The number of hydrogen-bond donors (Lipinski definition) is 1. The van der Waals surface area contributed by atoms with Crippen molar-refractivity contribution >= 4 is 5.96 Å². The fraction of sp³-hybridized carbons (Fsp3) is 0.842. The molecule has 0 aliphatic carbocycles. The normalized spacial score (nSPS) is 21.4. The van der Waals surface area contributed by atoms with E-state index in [1.807, 2.05) is 0 Å². The number of nitrogens with zero attached hydrogens (tertiary/aromatic N) is 3. The third-order valence-electron chi connectivity index (χ3n) is 4.67. The second-order valence-electron chi connectivity index (χ2n) is 6.63. The van der Waals surface area contributed by atoms with Gasteiger partial charge in [0.1, 0.15) is 0 Å². The van der Waals surface area contributed by atoms with Gasteiger partial charge in [-0.05, 0) is 19.8 Å². The van der Waals surface area contributed by atoms with Crippen LogP contribution in [-0.4, -0.2) is 87.5 Å². The molecule has 1 atom stereocenters. The standard InChI is InChI=1S/C19H36N4O2/c1-3-5-13-24-15-16-25-14-9-21-19(20-4-2)23-12-8-18(17-23)22-10-6-7-11-22/h6-7,18H,3-5,8-17H2,1-2H3,(H,20,21). The Balaban J connectivity index is 1.63. The number of ether oxygens (including phenoxy) is 2. The van der Waals surface area contributed by atoms with Crippen molar-refractivity contribution < 1.29 is 9.47 Å². The number of hydrogen-bond acceptors (Lipinski definition) is 4. The molecule has 0 aromatic carbocycles. The second kappa shape index (κ2) is 12.3. The van der Waals surface area contributed by atoms with Crippen LogP contribution in [0.4, 0.5) is 0 Å². The van der Waals surface area contributed by atoms with E-state index in [1.165, 1.54) is 12.8 Å². The first-order valence-electron chi connectivity index (χ1n) is 9.93. The largest absolute Gasteiger partial charge is 0.379 e. The molecule has 0 radical (unpaired) electrons. The van der Waals surface area contributed by atoms with Crippen LogP contribution in [0.2, 0.25) is 0 Å². The third-order valence-corrected chi connectivity index (χ3v) is 4.67. The third kappa shape index (κ3) is 7.34. The highest BCUT2D eigenvalue weighted by molar-refractivity contribution is 5.80. The number of aliphatic imine (C=N–C) groups is 1. The molecule has 0 amide bonds. The van der Waals surface area contributed by atoms with Crippen LogP contribution in [0.3, 0.4) is 0 Å². The number of guanidine groups is 1. The molecule has 1 N–H and O–H groups in total. The summed E-state index contributed by atoms with van der Waals surface area (Å²) in [6.45, 7) is 13.1. The summed E-state index contributed by atoms with van der Waals surface area (Å²) in [5, 5.41) is 3.42. The first-order valence-corrected chi connectivity index (χ1v) is 9.93. The number of rotatable bonds is 11. The van der Waals surface area contributed by atoms with Crippen LogP contribution in [0.15, 0.2) is 17.1 Å². The second-order valence-corrected chi connectivity index (χ2v) is 6.63. The maximum absolute atomic E-state index is 5.61. The van der Waals surface area contributed by atoms with E-state index >= 15 is 0 Å². The summed E-state index contributed by atoms with van der Waals surface area (Å²) < 4.78 is 11.1. The van der Waals surface area contributed by atoms with Gasteiger partial charge in [0, 0.05) is 45.4 Å². The van der Waals surface area contributed by atoms with Crippen LogP contribution >= 0.6 is 0 Å². The Morgan fingerprint density at radius 3 is 2.60 bits per heavy atom. The molecule has 25 heavy (non-hydrogen) atoms. The minimum atomic E-state index is 0.648. The van der Waals surface area contributed by atoms with Crippen molar-refractivity contribution in [3.8, 4) is 0 Å². The molecule has 0 aromatic rings. The van der Waals surface area contributed by atoms with Crippen LogP contribution in [0, 0.1) is 0 Å².